The number of carbonyl (C=O) groups is 1. The molecule has 0 atom stereocenters. The monoisotopic (exact) mass is 439 g/mol. The van der Waals surface area contributed by atoms with Crippen molar-refractivity contribution in [2.75, 3.05) is 19.5 Å². The number of hydrogen-bond donors (Lipinski definition) is 1. The summed E-state index contributed by atoms with van der Waals surface area (Å²) in [5.74, 6) is -0.357. The van der Waals surface area contributed by atoms with E-state index in [0.29, 0.717) is 5.76 Å². The summed E-state index contributed by atoms with van der Waals surface area (Å²) < 4.78 is 30.0. The van der Waals surface area contributed by atoms with Gasteiger partial charge in [-0.3, -0.25) is 0 Å². The van der Waals surface area contributed by atoms with E-state index in [2.05, 4.69) is 15.3 Å². The Kier molecular flexibility index (Phi) is 6.24. The molecule has 7 nitrogen and oxygen atoms in total. The number of ether oxygens (including phenoxy) is 2. The molecule has 3 aromatic rings. The molecule has 3 rings (SSSR count). The van der Waals surface area contributed by atoms with Crippen molar-refractivity contribution in [1.82, 2.24) is 9.97 Å². The third kappa shape index (κ3) is 4.28. The molecule has 0 saturated heterocycles. The maximum Gasteiger partial charge on any atom is 0.358 e. The topological polar surface area (TPSA) is 86.5 Å². The summed E-state index contributed by atoms with van der Waals surface area (Å²) in [6.07, 6.45) is 0. The normalized spacial score (nSPS) is 10.7. The predicted molar refractivity (Wildman–Crippen MR) is 106 cm³/mol. The van der Waals surface area contributed by atoms with Crippen LogP contribution in [0.5, 0.6) is 5.75 Å². The largest absolute Gasteiger partial charge is 0.492 e. The molecular formula is C19H16Cl2FN3O4. The molecule has 29 heavy (non-hydrogen) atoms. The van der Waals surface area contributed by atoms with Crippen LogP contribution in [-0.2, 0) is 11.3 Å². The number of methoxy groups -OCH3 is 2. The number of rotatable bonds is 6. The second-order valence-electron chi connectivity index (χ2n) is 5.86. The van der Waals surface area contributed by atoms with Crippen LogP contribution >= 0.6 is 23.2 Å². The first-order valence-corrected chi connectivity index (χ1v) is 9.08. The first kappa shape index (κ1) is 20.9. The van der Waals surface area contributed by atoms with Crippen LogP contribution in [0.25, 0.3) is 11.4 Å². The summed E-state index contributed by atoms with van der Waals surface area (Å²) in [5, 5.41) is 2.99. The molecule has 10 heteroatoms. The molecule has 2 heterocycles. The predicted octanol–water partition coefficient (Wildman–Crippen LogP) is 4.90. The van der Waals surface area contributed by atoms with Gasteiger partial charge >= 0.3 is 5.97 Å². The minimum atomic E-state index is -0.795. The van der Waals surface area contributed by atoms with E-state index in [1.165, 1.54) is 26.4 Å². The Morgan fingerprint density at radius 3 is 2.59 bits per heavy atom. The van der Waals surface area contributed by atoms with E-state index in [9.17, 15) is 9.18 Å². The Morgan fingerprint density at radius 2 is 1.97 bits per heavy atom. The lowest BCUT2D eigenvalue weighted by Crippen LogP contribution is -2.12. The number of aromatic nitrogens is 2. The van der Waals surface area contributed by atoms with E-state index < -0.39 is 11.8 Å². The van der Waals surface area contributed by atoms with Gasteiger partial charge in [-0.05, 0) is 31.2 Å². The molecule has 1 aromatic carbocycles. The molecule has 0 saturated carbocycles. The second kappa shape index (κ2) is 8.67. The van der Waals surface area contributed by atoms with Gasteiger partial charge < -0.3 is 19.2 Å². The minimum Gasteiger partial charge on any atom is -0.492 e. The van der Waals surface area contributed by atoms with Gasteiger partial charge in [0.1, 0.15) is 22.4 Å². The molecule has 0 aliphatic rings. The first-order chi connectivity index (χ1) is 13.8. The molecule has 0 bridgehead atoms. The highest BCUT2D eigenvalue weighted by molar-refractivity contribution is 6.35. The van der Waals surface area contributed by atoms with E-state index in [0.717, 1.165) is 5.76 Å². The van der Waals surface area contributed by atoms with Gasteiger partial charge in [-0.15, -0.1) is 0 Å². The summed E-state index contributed by atoms with van der Waals surface area (Å²) in [6.45, 7) is 2.04. The first-order valence-electron chi connectivity index (χ1n) is 8.33. The van der Waals surface area contributed by atoms with Crippen LogP contribution in [0.15, 0.2) is 28.7 Å². The molecule has 152 valence electrons. The number of furan rings is 1. The van der Waals surface area contributed by atoms with E-state index in [1.807, 2.05) is 6.92 Å². The summed E-state index contributed by atoms with van der Waals surface area (Å²) in [6, 6.07) is 6.40. The zero-order valence-corrected chi connectivity index (χ0v) is 17.2. The number of hydrogen-bond acceptors (Lipinski definition) is 7. The standard InChI is InChI=1S/C19H16Cl2FN3O4/c1-9-4-5-10(29-9)8-23-18-13(21)15(19(26)28-3)24-17(25-18)11-6-7-12(20)16(27-2)14(11)22/h4-7H,8H2,1-3H3,(H,23,24,25). The van der Waals surface area contributed by atoms with Crippen molar-refractivity contribution < 1.29 is 23.1 Å². The number of anilines is 1. The smallest absolute Gasteiger partial charge is 0.358 e. The Morgan fingerprint density at radius 1 is 1.21 bits per heavy atom. The van der Waals surface area contributed by atoms with Gasteiger partial charge in [-0.1, -0.05) is 23.2 Å². The third-order valence-electron chi connectivity index (χ3n) is 3.95. The third-order valence-corrected chi connectivity index (χ3v) is 4.61. The number of halogens is 3. The van der Waals surface area contributed by atoms with Crippen molar-refractivity contribution in [3.05, 3.63) is 57.3 Å². The zero-order valence-electron chi connectivity index (χ0n) is 15.7. The molecule has 0 fully saturated rings. The molecule has 0 aliphatic carbocycles. The van der Waals surface area contributed by atoms with Crippen LogP contribution < -0.4 is 10.1 Å². The Labute approximate surface area is 175 Å². The molecule has 0 unspecified atom stereocenters. The van der Waals surface area contributed by atoms with Gasteiger partial charge in [0, 0.05) is 0 Å². The van der Waals surface area contributed by atoms with Gasteiger partial charge in [-0.25, -0.2) is 19.2 Å². The maximum absolute atomic E-state index is 14.8. The number of nitrogens with one attached hydrogen (secondary N) is 1. The molecule has 0 aliphatic heterocycles. The second-order valence-corrected chi connectivity index (χ2v) is 6.64. The summed E-state index contributed by atoms with van der Waals surface area (Å²) in [7, 11) is 2.47. The highest BCUT2D eigenvalue weighted by atomic mass is 35.5. The quantitative estimate of drug-likeness (QED) is 0.546. The Hall–Kier alpha value is -2.84. The highest BCUT2D eigenvalue weighted by Gasteiger charge is 2.23. The van der Waals surface area contributed by atoms with Crippen LogP contribution in [-0.4, -0.2) is 30.2 Å². The number of carbonyl (C=O) groups excluding carboxylic acids is 1. The SMILES string of the molecule is COC(=O)c1nc(-c2ccc(Cl)c(OC)c2F)nc(NCc2ccc(C)o2)c1Cl. The van der Waals surface area contributed by atoms with E-state index in [1.54, 1.807) is 12.1 Å². The summed E-state index contributed by atoms with van der Waals surface area (Å²) >= 11 is 12.2. The van der Waals surface area contributed by atoms with Crippen molar-refractivity contribution in [1.29, 1.82) is 0 Å². The molecule has 1 N–H and O–H groups in total. The van der Waals surface area contributed by atoms with Crippen LogP contribution in [0, 0.1) is 12.7 Å². The highest BCUT2D eigenvalue weighted by Crippen LogP contribution is 2.35. The lowest BCUT2D eigenvalue weighted by atomic mass is 10.1. The molecule has 0 spiro atoms. The van der Waals surface area contributed by atoms with Gasteiger partial charge in [0.05, 0.1) is 31.4 Å². The maximum atomic E-state index is 14.8. The van der Waals surface area contributed by atoms with Crippen LogP contribution in [0.1, 0.15) is 22.0 Å². The van der Waals surface area contributed by atoms with Crippen LogP contribution in [0.4, 0.5) is 10.2 Å². The van der Waals surface area contributed by atoms with Crippen molar-refractivity contribution in [3.8, 4) is 17.1 Å². The number of esters is 1. The van der Waals surface area contributed by atoms with Crippen molar-refractivity contribution in [3.63, 3.8) is 0 Å². The fraction of sp³-hybridized carbons (Fsp3) is 0.211. The molecule has 0 amide bonds. The lowest BCUT2D eigenvalue weighted by molar-refractivity contribution is 0.0594. The Balaban J connectivity index is 2.09. The molecule has 0 radical (unpaired) electrons. The fourth-order valence-electron chi connectivity index (χ4n) is 2.56. The number of aryl methyl sites for hydroxylation is 1. The minimum absolute atomic E-state index is 0.0232. The van der Waals surface area contributed by atoms with Crippen molar-refractivity contribution >= 4 is 35.0 Å². The van der Waals surface area contributed by atoms with Gasteiger partial charge in [0.25, 0.3) is 0 Å². The summed E-state index contributed by atoms with van der Waals surface area (Å²) in [5.41, 5.74) is -0.240. The van der Waals surface area contributed by atoms with Gasteiger partial charge in [-0.2, -0.15) is 0 Å². The average molecular weight is 440 g/mol. The van der Waals surface area contributed by atoms with Crippen molar-refractivity contribution in [2.45, 2.75) is 13.5 Å². The Bertz CT molecular complexity index is 1070. The van der Waals surface area contributed by atoms with Crippen LogP contribution in [0.3, 0.4) is 0 Å². The van der Waals surface area contributed by atoms with Crippen molar-refractivity contribution in [2.24, 2.45) is 0 Å². The van der Waals surface area contributed by atoms with E-state index in [-0.39, 0.29) is 45.2 Å². The fourth-order valence-corrected chi connectivity index (χ4v) is 3.01. The van der Waals surface area contributed by atoms with Crippen LogP contribution in [0.2, 0.25) is 10.0 Å². The van der Waals surface area contributed by atoms with Gasteiger partial charge in [0.2, 0.25) is 0 Å². The van der Waals surface area contributed by atoms with E-state index in [4.69, 9.17) is 37.1 Å². The zero-order chi connectivity index (χ0) is 21.1. The number of nitrogens with zero attached hydrogens (tertiary/aromatic N) is 2. The van der Waals surface area contributed by atoms with Gasteiger partial charge in [0.15, 0.2) is 23.1 Å². The lowest BCUT2D eigenvalue weighted by Gasteiger charge is -2.13. The number of benzene rings is 1. The summed E-state index contributed by atoms with van der Waals surface area (Å²) in [4.78, 5) is 20.5. The molecular weight excluding hydrogens is 424 g/mol. The average Bonchev–Trinajstić information content (AvgIpc) is 3.12. The van der Waals surface area contributed by atoms with E-state index >= 15 is 0 Å². The molecule has 2 aromatic heterocycles.